The minimum atomic E-state index is -0.638. The Morgan fingerprint density at radius 1 is 0.964 bits per heavy atom. The van der Waals surface area contributed by atoms with Crippen LogP contribution in [-0.4, -0.2) is 11.8 Å². The third-order valence-corrected chi connectivity index (χ3v) is 4.23. The van der Waals surface area contributed by atoms with E-state index >= 15 is 0 Å². The fourth-order valence-corrected chi connectivity index (χ4v) is 3.01. The Hall–Kier alpha value is -3.80. The summed E-state index contributed by atoms with van der Waals surface area (Å²) in [5.41, 5.74) is 0.893. The van der Waals surface area contributed by atoms with Crippen molar-refractivity contribution >= 4 is 39.2 Å². The first-order valence-corrected chi connectivity index (χ1v) is 8.59. The molecule has 6 heteroatoms. The molecule has 2 amide bonds. The second-order valence-electron chi connectivity index (χ2n) is 6.27. The maximum Gasteiger partial charge on any atom is 0.263 e. The summed E-state index contributed by atoms with van der Waals surface area (Å²) in [4.78, 5) is 28.2. The van der Waals surface area contributed by atoms with Crippen LogP contribution in [0, 0.1) is 5.82 Å². The van der Waals surface area contributed by atoms with Gasteiger partial charge in [-0.1, -0.05) is 36.4 Å². The summed E-state index contributed by atoms with van der Waals surface area (Å²) in [6, 6.07) is 18.6. The molecule has 0 aliphatic heterocycles. The lowest BCUT2D eigenvalue weighted by Crippen LogP contribution is -2.32. The van der Waals surface area contributed by atoms with Crippen molar-refractivity contribution in [1.29, 1.82) is 0 Å². The Balaban J connectivity index is 2.03. The molecule has 28 heavy (non-hydrogen) atoms. The number of hydrogen-bond acceptors (Lipinski definition) is 4. The Morgan fingerprint density at radius 2 is 1.79 bits per heavy atom. The van der Waals surface area contributed by atoms with Crippen LogP contribution in [-0.2, 0) is 4.79 Å². The van der Waals surface area contributed by atoms with Gasteiger partial charge in [0.1, 0.15) is 17.0 Å². The maximum atomic E-state index is 13.5. The lowest BCUT2D eigenvalue weighted by atomic mass is 10.0. The fourth-order valence-electron chi connectivity index (χ4n) is 3.01. The molecule has 0 fully saturated rings. The summed E-state index contributed by atoms with van der Waals surface area (Å²) in [5.74, 6) is -1.59. The van der Waals surface area contributed by atoms with Gasteiger partial charge in [-0.25, -0.2) is 9.38 Å². The van der Waals surface area contributed by atoms with Crippen LogP contribution in [0.5, 0.6) is 0 Å². The molecule has 1 heterocycles. The predicted molar refractivity (Wildman–Crippen MR) is 103 cm³/mol. The summed E-state index contributed by atoms with van der Waals surface area (Å²) in [7, 11) is 0. The first kappa shape index (κ1) is 17.6. The normalized spacial score (nSPS) is 11.7. The average molecular weight is 374 g/mol. The number of carbonyl (C=O) groups excluding carboxylic acids is 2. The molecule has 4 rings (SSSR count). The minimum Gasteiger partial charge on any atom is -0.438 e. The molecule has 0 bridgehead atoms. The molecular formula is C22H15FN2O3. The Labute approximate surface area is 159 Å². The van der Waals surface area contributed by atoms with Gasteiger partial charge in [-0.05, 0) is 41.1 Å². The molecule has 4 aromatic rings. The Kier molecular flexibility index (Phi) is 4.45. The SMILES string of the molecule is CC(=O)NC(=O)c1cc2c(ccc3ccccc32)oc1=Nc1cccc(F)c1. The van der Waals surface area contributed by atoms with E-state index in [9.17, 15) is 14.0 Å². The van der Waals surface area contributed by atoms with Crippen molar-refractivity contribution in [3.05, 3.63) is 83.7 Å². The number of benzene rings is 3. The number of nitrogens with one attached hydrogen (secondary N) is 1. The molecule has 1 N–H and O–H groups in total. The number of amides is 2. The van der Waals surface area contributed by atoms with E-state index in [0.29, 0.717) is 16.7 Å². The van der Waals surface area contributed by atoms with Gasteiger partial charge in [0.25, 0.3) is 5.91 Å². The van der Waals surface area contributed by atoms with Crippen LogP contribution in [0.15, 0.2) is 76.1 Å². The van der Waals surface area contributed by atoms with Gasteiger partial charge >= 0.3 is 0 Å². The van der Waals surface area contributed by atoms with Crippen LogP contribution in [0.2, 0.25) is 0 Å². The van der Waals surface area contributed by atoms with Gasteiger partial charge in [-0.15, -0.1) is 0 Å². The molecule has 0 unspecified atom stereocenters. The number of rotatable bonds is 2. The number of hydrogen-bond donors (Lipinski definition) is 1. The van der Waals surface area contributed by atoms with Crippen molar-refractivity contribution in [2.24, 2.45) is 4.99 Å². The molecule has 3 aromatic carbocycles. The molecule has 0 aliphatic carbocycles. The lowest BCUT2D eigenvalue weighted by Gasteiger charge is -2.07. The topological polar surface area (TPSA) is 71.7 Å². The standard InChI is InChI=1S/C22H15FN2O3/c1-13(26)24-21(27)19-12-18-17-8-3-2-5-14(17)9-10-20(18)28-22(19)25-16-7-4-6-15(23)11-16/h2-12H,1H3,(H,24,26,27). The van der Waals surface area contributed by atoms with E-state index in [2.05, 4.69) is 10.3 Å². The van der Waals surface area contributed by atoms with Crippen molar-refractivity contribution in [3.63, 3.8) is 0 Å². The molecule has 0 saturated heterocycles. The van der Waals surface area contributed by atoms with Gasteiger partial charge in [0.15, 0.2) is 0 Å². The molecule has 0 radical (unpaired) electrons. The van der Waals surface area contributed by atoms with Crippen LogP contribution in [0.4, 0.5) is 10.1 Å². The van der Waals surface area contributed by atoms with E-state index in [1.54, 1.807) is 18.2 Å². The van der Waals surface area contributed by atoms with Gasteiger partial charge < -0.3 is 4.42 Å². The molecule has 1 aromatic heterocycles. The zero-order chi connectivity index (χ0) is 19.7. The number of nitrogens with zero attached hydrogens (tertiary/aromatic N) is 1. The maximum absolute atomic E-state index is 13.5. The van der Waals surface area contributed by atoms with Gasteiger partial charge in [0, 0.05) is 12.3 Å². The zero-order valence-corrected chi connectivity index (χ0v) is 14.9. The first-order valence-electron chi connectivity index (χ1n) is 8.59. The largest absolute Gasteiger partial charge is 0.438 e. The van der Waals surface area contributed by atoms with Crippen LogP contribution in [0.3, 0.4) is 0 Å². The van der Waals surface area contributed by atoms with Gasteiger partial charge in [0.05, 0.1) is 5.69 Å². The summed E-state index contributed by atoms with van der Waals surface area (Å²) in [6.45, 7) is 1.24. The highest BCUT2D eigenvalue weighted by molar-refractivity contribution is 6.09. The molecule has 0 atom stereocenters. The van der Waals surface area contributed by atoms with Crippen LogP contribution in [0.25, 0.3) is 21.7 Å². The fraction of sp³-hybridized carbons (Fsp3) is 0.0455. The summed E-state index contributed by atoms with van der Waals surface area (Å²) in [5, 5.41) is 4.84. The third kappa shape index (κ3) is 3.40. The Bertz CT molecular complexity index is 1310. The van der Waals surface area contributed by atoms with Gasteiger partial charge in [-0.2, -0.15) is 0 Å². The highest BCUT2D eigenvalue weighted by Crippen LogP contribution is 2.25. The highest BCUT2D eigenvalue weighted by Gasteiger charge is 2.15. The molecule has 138 valence electrons. The molecular weight excluding hydrogens is 359 g/mol. The smallest absolute Gasteiger partial charge is 0.263 e. The van der Waals surface area contributed by atoms with Crippen molar-refractivity contribution in [3.8, 4) is 0 Å². The van der Waals surface area contributed by atoms with Gasteiger partial charge in [0.2, 0.25) is 11.5 Å². The summed E-state index contributed by atoms with van der Waals surface area (Å²) in [6.07, 6.45) is 0. The van der Waals surface area contributed by atoms with Crippen molar-refractivity contribution in [2.75, 3.05) is 0 Å². The van der Waals surface area contributed by atoms with E-state index in [4.69, 9.17) is 4.42 Å². The quantitative estimate of drug-likeness (QED) is 0.534. The highest BCUT2D eigenvalue weighted by atomic mass is 19.1. The van der Waals surface area contributed by atoms with Crippen LogP contribution >= 0.6 is 0 Å². The molecule has 0 saturated carbocycles. The second-order valence-corrected chi connectivity index (χ2v) is 6.27. The minimum absolute atomic E-state index is 0.00729. The summed E-state index contributed by atoms with van der Waals surface area (Å²) < 4.78 is 19.4. The van der Waals surface area contributed by atoms with Gasteiger partial charge in [-0.3, -0.25) is 14.9 Å². The Morgan fingerprint density at radius 3 is 2.57 bits per heavy atom. The third-order valence-electron chi connectivity index (χ3n) is 4.23. The van der Waals surface area contributed by atoms with E-state index in [1.165, 1.54) is 25.1 Å². The second kappa shape index (κ2) is 7.08. The predicted octanol–water partition coefficient (Wildman–Crippen LogP) is 4.23. The van der Waals surface area contributed by atoms with Crippen molar-refractivity contribution < 1.29 is 18.4 Å². The van der Waals surface area contributed by atoms with E-state index < -0.39 is 17.6 Å². The zero-order valence-electron chi connectivity index (χ0n) is 14.9. The van der Waals surface area contributed by atoms with E-state index in [0.717, 1.165) is 10.8 Å². The number of carbonyl (C=O) groups is 2. The lowest BCUT2D eigenvalue weighted by molar-refractivity contribution is -0.118. The van der Waals surface area contributed by atoms with E-state index in [-0.39, 0.29) is 11.1 Å². The number of imide groups is 1. The molecule has 5 nitrogen and oxygen atoms in total. The van der Waals surface area contributed by atoms with Crippen molar-refractivity contribution in [1.82, 2.24) is 5.32 Å². The van der Waals surface area contributed by atoms with Crippen LogP contribution < -0.4 is 10.9 Å². The number of fused-ring (bicyclic) bond motifs is 3. The average Bonchev–Trinajstić information content (AvgIpc) is 2.66. The molecule has 0 aliphatic rings. The number of halogens is 1. The molecule has 0 spiro atoms. The first-order chi connectivity index (χ1) is 13.5. The summed E-state index contributed by atoms with van der Waals surface area (Å²) >= 11 is 0. The van der Waals surface area contributed by atoms with Crippen molar-refractivity contribution in [2.45, 2.75) is 6.92 Å². The monoisotopic (exact) mass is 374 g/mol. The van der Waals surface area contributed by atoms with Crippen LogP contribution in [0.1, 0.15) is 17.3 Å². The van der Waals surface area contributed by atoms with E-state index in [1.807, 2.05) is 30.3 Å².